The predicted molar refractivity (Wildman–Crippen MR) is 98.8 cm³/mol. The minimum Gasteiger partial charge on any atom is -0.502 e. The van der Waals surface area contributed by atoms with E-state index in [9.17, 15) is 19.8 Å². The van der Waals surface area contributed by atoms with Crippen molar-refractivity contribution in [3.63, 3.8) is 0 Å². The van der Waals surface area contributed by atoms with Crippen LogP contribution in [-0.2, 0) is 6.54 Å². The maximum Gasteiger partial charge on any atom is 0.341 e. The summed E-state index contributed by atoms with van der Waals surface area (Å²) in [4.78, 5) is 25.3. The first-order chi connectivity index (χ1) is 12.5. The quantitative estimate of drug-likeness (QED) is 0.718. The summed E-state index contributed by atoms with van der Waals surface area (Å²) >= 11 is 1.36. The fraction of sp³-hybridized carbons (Fsp3) is 0.263. The molecule has 2 heterocycles. The second-order valence-corrected chi connectivity index (χ2v) is 7.49. The van der Waals surface area contributed by atoms with Gasteiger partial charge in [-0.3, -0.25) is 9.36 Å². The van der Waals surface area contributed by atoms with Gasteiger partial charge < -0.3 is 14.9 Å². The van der Waals surface area contributed by atoms with Crippen molar-refractivity contribution in [2.75, 3.05) is 7.11 Å². The number of carboxylic acid groups (broad SMARTS) is 1. The minimum absolute atomic E-state index is 0.244. The molecular formula is C19H17NO5S. The molecule has 0 atom stereocenters. The topological polar surface area (TPSA) is 88.8 Å². The van der Waals surface area contributed by atoms with Gasteiger partial charge in [0, 0.05) is 4.88 Å². The number of hydrogen-bond acceptors (Lipinski definition) is 5. The Balaban J connectivity index is 1.89. The van der Waals surface area contributed by atoms with Crippen LogP contribution < -0.4 is 10.3 Å². The molecular weight excluding hydrogens is 354 g/mol. The molecule has 1 fully saturated rings. The van der Waals surface area contributed by atoms with Crippen LogP contribution >= 0.6 is 11.3 Å². The monoisotopic (exact) mass is 371 g/mol. The van der Waals surface area contributed by atoms with E-state index in [1.807, 2.05) is 18.2 Å². The van der Waals surface area contributed by atoms with Crippen LogP contribution in [0.2, 0.25) is 0 Å². The van der Waals surface area contributed by atoms with Crippen molar-refractivity contribution in [3.8, 4) is 11.5 Å². The third-order valence-corrected chi connectivity index (χ3v) is 5.93. The number of hydrogen-bond donors (Lipinski definition) is 2. The van der Waals surface area contributed by atoms with E-state index in [2.05, 4.69) is 0 Å². The lowest BCUT2D eigenvalue weighted by molar-refractivity contribution is 0.0695. The average molecular weight is 371 g/mol. The van der Waals surface area contributed by atoms with Crippen molar-refractivity contribution in [1.82, 2.24) is 4.57 Å². The summed E-state index contributed by atoms with van der Waals surface area (Å²) in [6, 6.07) is 9.17. The van der Waals surface area contributed by atoms with Crippen molar-refractivity contribution in [1.29, 1.82) is 0 Å². The lowest BCUT2D eigenvalue weighted by Gasteiger charge is -2.11. The number of carbonyl (C=O) groups is 1. The number of carboxylic acids is 1. The van der Waals surface area contributed by atoms with Crippen molar-refractivity contribution < 1.29 is 19.7 Å². The van der Waals surface area contributed by atoms with E-state index in [-0.39, 0.29) is 12.1 Å². The highest BCUT2D eigenvalue weighted by molar-refractivity contribution is 7.19. The molecule has 0 spiro atoms. The maximum atomic E-state index is 12.7. The Hall–Kier alpha value is -2.80. The minimum atomic E-state index is -1.29. The largest absolute Gasteiger partial charge is 0.502 e. The maximum absolute atomic E-state index is 12.7. The van der Waals surface area contributed by atoms with Crippen LogP contribution in [0.3, 0.4) is 0 Å². The molecule has 0 unspecified atom stereocenters. The van der Waals surface area contributed by atoms with Gasteiger partial charge in [0.05, 0.1) is 23.9 Å². The lowest BCUT2D eigenvalue weighted by atomic mass is 10.1. The first kappa shape index (κ1) is 16.7. The van der Waals surface area contributed by atoms with Crippen LogP contribution in [0, 0.1) is 0 Å². The Kier molecular flexibility index (Phi) is 3.96. The highest BCUT2D eigenvalue weighted by atomic mass is 32.1. The molecule has 0 radical (unpaired) electrons. The number of pyridine rings is 1. The smallest absolute Gasteiger partial charge is 0.341 e. The van der Waals surface area contributed by atoms with Gasteiger partial charge in [0.25, 0.3) is 5.56 Å². The fourth-order valence-electron chi connectivity index (χ4n) is 3.07. The van der Waals surface area contributed by atoms with E-state index in [0.29, 0.717) is 21.9 Å². The summed E-state index contributed by atoms with van der Waals surface area (Å²) in [6.45, 7) is 0.244. The van der Waals surface area contributed by atoms with Gasteiger partial charge in [-0.15, -0.1) is 11.3 Å². The van der Waals surface area contributed by atoms with Crippen molar-refractivity contribution in [2.45, 2.75) is 25.3 Å². The molecule has 6 nitrogen and oxygen atoms in total. The number of aromatic hydroxyl groups is 1. The van der Waals surface area contributed by atoms with E-state index >= 15 is 0 Å². The number of aromatic nitrogens is 1. The summed E-state index contributed by atoms with van der Waals surface area (Å²) in [7, 11) is 1.58. The Labute approximate surface area is 152 Å². The number of benzene rings is 1. The molecule has 3 aromatic rings. The van der Waals surface area contributed by atoms with Crippen LogP contribution in [0.4, 0.5) is 0 Å². The zero-order chi connectivity index (χ0) is 18.4. The van der Waals surface area contributed by atoms with Gasteiger partial charge >= 0.3 is 5.97 Å². The number of aromatic carboxylic acids is 1. The van der Waals surface area contributed by atoms with E-state index in [1.54, 1.807) is 19.2 Å². The average Bonchev–Trinajstić information content (AvgIpc) is 3.39. The molecule has 1 aromatic carbocycles. The third-order valence-electron chi connectivity index (χ3n) is 4.63. The highest BCUT2D eigenvalue weighted by Gasteiger charge is 2.29. The van der Waals surface area contributed by atoms with Gasteiger partial charge in [0.1, 0.15) is 11.3 Å². The summed E-state index contributed by atoms with van der Waals surface area (Å²) < 4.78 is 7.03. The predicted octanol–water partition coefficient (Wildman–Crippen LogP) is 3.40. The molecule has 0 bridgehead atoms. The number of ether oxygens (including phenoxy) is 1. The highest BCUT2D eigenvalue weighted by Crippen LogP contribution is 2.46. The van der Waals surface area contributed by atoms with Crippen LogP contribution in [0.5, 0.6) is 11.5 Å². The van der Waals surface area contributed by atoms with E-state index < -0.39 is 17.3 Å². The van der Waals surface area contributed by atoms with Gasteiger partial charge in [0.15, 0.2) is 5.75 Å². The molecule has 0 amide bonds. The van der Waals surface area contributed by atoms with Crippen molar-refractivity contribution in [3.05, 3.63) is 56.7 Å². The number of nitrogens with zero attached hydrogens (tertiary/aromatic N) is 1. The summed E-state index contributed by atoms with van der Waals surface area (Å²) in [5, 5.41) is 19.7. The Morgan fingerprint density at radius 2 is 2.00 bits per heavy atom. The molecule has 26 heavy (non-hydrogen) atoms. The molecule has 7 heteroatoms. The zero-order valence-electron chi connectivity index (χ0n) is 14.1. The molecule has 134 valence electrons. The number of thiophene rings is 1. The first-order valence-electron chi connectivity index (χ1n) is 8.25. The second-order valence-electron chi connectivity index (χ2n) is 6.41. The van der Waals surface area contributed by atoms with Gasteiger partial charge in [-0.25, -0.2) is 4.79 Å². The summed E-state index contributed by atoms with van der Waals surface area (Å²) in [5.74, 6) is -0.851. The normalized spacial score (nSPS) is 13.9. The number of methoxy groups -OCH3 is 1. The Bertz CT molecular complexity index is 1060. The van der Waals surface area contributed by atoms with Crippen LogP contribution in [-0.4, -0.2) is 27.9 Å². The standard InChI is InChI=1S/C19H17NO5S/c1-25-12-6-2-10(3-7-12)9-20-13-8-14(11-4-5-11)26-17(13)15(19(23)24)16(21)18(20)22/h2-3,6-8,11,21H,4-5,9H2,1H3,(H,23,24). The van der Waals surface area contributed by atoms with E-state index in [4.69, 9.17) is 4.74 Å². The van der Waals surface area contributed by atoms with Crippen molar-refractivity contribution in [2.24, 2.45) is 0 Å². The third kappa shape index (κ3) is 2.74. The van der Waals surface area contributed by atoms with Crippen LogP contribution in [0.25, 0.3) is 10.2 Å². The SMILES string of the molecule is COc1ccc(Cn2c(=O)c(O)c(C(=O)O)c3sc(C4CC4)cc32)cc1. The van der Waals surface area contributed by atoms with Gasteiger partial charge in [0.2, 0.25) is 0 Å². The molecule has 0 saturated heterocycles. The molecule has 2 aromatic heterocycles. The van der Waals surface area contributed by atoms with E-state index in [0.717, 1.165) is 23.3 Å². The Morgan fingerprint density at radius 1 is 1.31 bits per heavy atom. The molecule has 1 aliphatic rings. The van der Waals surface area contributed by atoms with E-state index in [1.165, 1.54) is 15.9 Å². The van der Waals surface area contributed by atoms with Crippen molar-refractivity contribution >= 4 is 27.5 Å². The number of fused-ring (bicyclic) bond motifs is 1. The van der Waals surface area contributed by atoms with Crippen LogP contribution in [0.1, 0.15) is 39.6 Å². The van der Waals surface area contributed by atoms with Crippen LogP contribution in [0.15, 0.2) is 35.1 Å². The number of rotatable bonds is 5. The fourth-order valence-corrected chi connectivity index (χ4v) is 4.44. The van der Waals surface area contributed by atoms with Gasteiger partial charge in [-0.2, -0.15) is 0 Å². The van der Waals surface area contributed by atoms with Gasteiger partial charge in [-0.1, -0.05) is 12.1 Å². The summed E-state index contributed by atoms with van der Waals surface area (Å²) in [6.07, 6.45) is 2.15. The lowest BCUT2D eigenvalue weighted by Crippen LogP contribution is -2.22. The zero-order valence-corrected chi connectivity index (χ0v) is 14.9. The summed E-state index contributed by atoms with van der Waals surface area (Å²) in [5.41, 5.74) is 0.433. The van der Waals surface area contributed by atoms with Gasteiger partial charge in [-0.05, 0) is 42.5 Å². The first-order valence-corrected chi connectivity index (χ1v) is 9.06. The molecule has 1 saturated carbocycles. The Morgan fingerprint density at radius 3 is 2.58 bits per heavy atom. The molecule has 0 aliphatic heterocycles. The molecule has 2 N–H and O–H groups in total. The second kappa shape index (κ2) is 6.17. The molecule has 1 aliphatic carbocycles. The molecule has 4 rings (SSSR count).